The Hall–Kier alpha value is -1.10. The average Bonchev–Trinajstić information content (AvgIpc) is 2.16. The molecule has 1 aliphatic carbocycles. The lowest BCUT2D eigenvalue weighted by molar-refractivity contribution is -0.153. The molecule has 0 amide bonds. The summed E-state index contributed by atoms with van der Waals surface area (Å²) in [5, 5.41) is 16.9. The van der Waals surface area contributed by atoms with E-state index in [0.29, 0.717) is 0 Å². The maximum absolute atomic E-state index is 10.8. The van der Waals surface area contributed by atoms with Gasteiger partial charge in [-0.3, -0.25) is 9.59 Å². The van der Waals surface area contributed by atoms with Crippen molar-refractivity contribution in [2.45, 2.75) is 58.7 Å². The number of hydrogen-bond acceptors (Lipinski definition) is 4. The normalized spacial score (nSPS) is 25.2. The van der Waals surface area contributed by atoms with Gasteiger partial charge >= 0.3 is 5.97 Å². The van der Waals surface area contributed by atoms with Crippen LogP contribution in [0.2, 0.25) is 0 Å². The minimum Gasteiger partial charge on any atom is -0.481 e. The summed E-state index contributed by atoms with van der Waals surface area (Å²) < 4.78 is 5.17. The highest BCUT2D eigenvalue weighted by Gasteiger charge is 2.30. The molecule has 1 aliphatic rings. The predicted octanol–water partition coefficient (Wildman–Crippen LogP) is 1.58. The van der Waals surface area contributed by atoms with Crippen LogP contribution in [0.4, 0.5) is 0 Å². The van der Waals surface area contributed by atoms with E-state index in [9.17, 15) is 9.90 Å². The average molecular weight is 246 g/mol. The summed E-state index contributed by atoms with van der Waals surface area (Å²) in [6.45, 7) is 4.28. The van der Waals surface area contributed by atoms with Crippen LogP contribution in [0, 0.1) is 5.92 Å². The largest absolute Gasteiger partial charge is 0.481 e. The molecule has 1 fully saturated rings. The first-order valence-corrected chi connectivity index (χ1v) is 5.89. The molecule has 0 aromatic carbocycles. The zero-order valence-corrected chi connectivity index (χ0v) is 10.7. The van der Waals surface area contributed by atoms with Crippen molar-refractivity contribution in [3.63, 3.8) is 0 Å². The zero-order valence-electron chi connectivity index (χ0n) is 10.7. The second-order valence-corrected chi connectivity index (χ2v) is 4.36. The Balaban J connectivity index is 0.000000557. The van der Waals surface area contributed by atoms with Gasteiger partial charge in [-0.15, -0.1) is 0 Å². The van der Waals surface area contributed by atoms with Crippen LogP contribution in [-0.2, 0) is 14.3 Å². The highest BCUT2D eigenvalue weighted by Crippen LogP contribution is 2.29. The van der Waals surface area contributed by atoms with E-state index in [1.165, 1.54) is 6.92 Å². The Bertz CT molecular complexity index is 245. The first kappa shape index (κ1) is 15.9. The summed E-state index contributed by atoms with van der Waals surface area (Å²) in [4.78, 5) is 19.8. The molecule has 0 radical (unpaired) electrons. The van der Waals surface area contributed by atoms with Crippen molar-refractivity contribution < 1.29 is 24.5 Å². The number of carbonyl (C=O) groups excluding carboxylic acids is 1. The van der Waals surface area contributed by atoms with Crippen LogP contribution < -0.4 is 0 Å². The van der Waals surface area contributed by atoms with Gasteiger partial charge in [0.2, 0.25) is 0 Å². The van der Waals surface area contributed by atoms with E-state index in [0.717, 1.165) is 32.6 Å². The second kappa shape index (κ2) is 8.06. The Labute approximate surface area is 102 Å². The molecule has 0 saturated heterocycles. The Kier molecular flexibility index (Phi) is 7.54. The summed E-state index contributed by atoms with van der Waals surface area (Å²) in [7, 11) is 0. The second-order valence-electron chi connectivity index (χ2n) is 4.36. The molecule has 17 heavy (non-hydrogen) atoms. The van der Waals surface area contributed by atoms with Gasteiger partial charge in [0.1, 0.15) is 6.10 Å². The van der Waals surface area contributed by atoms with Crippen molar-refractivity contribution in [2.75, 3.05) is 0 Å². The number of hydrogen-bond donors (Lipinski definition) is 2. The van der Waals surface area contributed by atoms with Crippen LogP contribution in [0.3, 0.4) is 0 Å². The van der Waals surface area contributed by atoms with Crippen LogP contribution in [0.1, 0.15) is 46.5 Å². The molecule has 0 aromatic rings. The van der Waals surface area contributed by atoms with Gasteiger partial charge in [-0.1, -0.05) is 6.42 Å². The van der Waals surface area contributed by atoms with E-state index in [1.807, 2.05) is 0 Å². The van der Waals surface area contributed by atoms with Gasteiger partial charge in [-0.2, -0.15) is 0 Å². The molecule has 5 nitrogen and oxygen atoms in total. The third kappa shape index (κ3) is 7.74. The van der Waals surface area contributed by atoms with Gasteiger partial charge in [0, 0.05) is 19.8 Å². The smallest absolute Gasteiger partial charge is 0.302 e. The fourth-order valence-electron chi connectivity index (χ4n) is 2.04. The third-order valence-corrected chi connectivity index (χ3v) is 2.69. The molecule has 0 bridgehead atoms. The van der Waals surface area contributed by atoms with Crippen LogP contribution in [0.25, 0.3) is 0 Å². The predicted molar refractivity (Wildman–Crippen MR) is 62.5 cm³/mol. The number of aliphatic hydroxyl groups excluding tert-OH is 1. The van der Waals surface area contributed by atoms with Crippen LogP contribution in [0.5, 0.6) is 0 Å². The fourth-order valence-corrected chi connectivity index (χ4v) is 2.04. The molecule has 0 aromatic heterocycles. The number of esters is 1. The molecule has 2 N–H and O–H groups in total. The number of aliphatic hydroxyl groups is 1. The van der Waals surface area contributed by atoms with Gasteiger partial charge < -0.3 is 14.9 Å². The SMILES string of the molecule is CC(=O)O.CC(=O)OC1CCCCC1C(C)O. The van der Waals surface area contributed by atoms with Crippen molar-refractivity contribution >= 4 is 11.9 Å². The van der Waals surface area contributed by atoms with Crippen molar-refractivity contribution in [3.05, 3.63) is 0 Å². The van der Waals surface area contributed by atoms with Gasteiger partial charge in [0.15, 0.2) is 0 Å². The number of ether oxygens (including phenoxy) is 1. The van der Waals surface area contributed by atoms with Gasteiger partial charge in [-0.25, -0.2) is 0 Å². The lowest BCUT2D eigenvalue weighted by Crippen LogP contribution is -2.35. The van der Waals surface area contributed by atoms with Crippen LogP contribution in [0.15, 0.2) is 0 Å². The Morgan fingerprint density at radius 3 is 2.12 bits per heavy atom. The van der Waals surface area contributed by atoms with Crippen molar-refractivity contribution in [1.29, 1.82) is 0 Å². The minimum atomic E-state index is -0.833. The fraction of sp³-hybridized carbons (Fsp3) is 0.833. The van der Waals surface area contributed by atoms with E-state index >= 15 is 0 Å². The number of carbonyl (C=O) groups is 2. The van der Waals surface area contributed by atoms with Crippen LogP contribution in [-0.4, -0.2) is 34.4 Å². The Morgan fingerprint density at radius 1 is 1.24 bits per heavy atom. The van der Waals surface area contributed by atoms with E-state index in [1.54, 1.807) is 6.92 Å². The maximum atomic E-state index is 10.8. The molecular formula is C12H22O5. The highest BCUT2D eigenvalue weighted by atomic mass is 16.5. The summed E-state index contributed by atoms with van der Waals surface area (Å²) >= 11 is 0. The molecule has 1 rings (SSSR count). The van der Waals surface area contributed by atoms with Gasteiger partial charge in [0.05, 0.1) is 6.10 Å². The van der Waals surface area contributed by atoms with E-state index in [4.69, 9.17) is 14.6 Å². The van der Waals surface area contributed by atoms with Gasteiger partial charge in [-0.05, 0) is 26.2 Å². The molecule has 0 aliphatic heterocycles. The maximum Gasteiger partial charge on any atom is 0.302 e. The number of carboxylic acids is 1. The number of aliphatic carboxylic acids is 1. The molecule has 0 heterocycles. The molecule has 3 unspecified atom stereocenters. The highest BCUT2D eigenvalue weighted by molar-refractivity contribution is 5.66. The molecule has 1 saturated carbocycles. The lowest BCUT2D eigenvalue weighted by atomic mass is 9.83. The van der Waals surface area contributed by atoms with E-state index in [2.05, 4.69) is 0 Å². The summed E-state index contributed by atoms with van der Waals surface area (Å²) in [5.41, 5.74) is 0. The van der Waals surface area contributed by atoms with Crippen molar-refractivity contribution in [2.24, 2.45) is 5.92 Å². The quantitative estimate of drug-likeness (QED) is 0.723. The monoisotopic (exact) mass is 246 g/mol. The Morgan fingerprint density at radius 2 is 1.71 bits per heavy atom. The molecule has 0 spiro atoms. The number of rotatable bonds is 2. The topological polar surface area (TPSA) is 83.8 Å². The van der Waals surface area contributed by atoms with E-state index in [-0.39, 0.29) is 24.1 Å². The summed E-state index contributed by atoms with van der Waals surface area (Å²) in [6, 6.07) is 0. The molecule has 100 valence electrons. The molecule has 3 atom stereocenters. The summed E-state index contributed by atoms with van der Waals surface area (Å²) in [5.74, 6) is -0.935. The molecular weight excluding hydrogens is 224 g/mol. The molecule has 5 heteroatoms. The minimum absolute atomic E-state index is 0.0637. The van der Waals surface area contributed by atoms with Crippen molar-refractivity contribution in [3.8, 4) is 0 Å². The first-order valence-electron chi connectivity index (χ1n) is 5.89. The summed E-state index contributed by atoms with van der Waals surface area (Å²) in [6.07, 6.45) is 3.66. The van der Waals surface area contributed by atoms with Crippen molar-refractivity contribution in [1.82, 2.24) is 0 Å². The number of carboxylic acid groups (broad SMARTS) is 1. The zero-order chi connectivity index (χ0) is 13.4. The standard InChI is InChI=1S/C10H18O3.C2H4O2/c1-7(11)9-5-3-4-6-10(9)13-8(2)12;1-2(3)4/h7,9-11H,3-6H2,1-2H3;1H3,(H,3,4). The van der Waals surface area contributed by atoms with E-state index < -0.39 is 5.97 Å². The third-order valence-electron chi connectivity index (χ3n) is 2.69. The lowest BCUT2D eigenvalue weighted by Gasteiger charge is -2.32. The first-order chi connectivity index (χ1) is 7.84. The van der Waals surface area contributed by atoms with Gasteiger partial charge in [0.25, 0.3) is 5.97 Å². The van der Waals surface area contributed by atoms with Crippen LogP contribution >= 0.6 is 0 Å².